The smallest absolute Gasteiger partial charge is 0.225 e. The van der Waals surface area contributed by atoms with Gasteiger partial charge in [0, 0.05) is 31.1 Å². The van der Waals surface area contributed by atoms with Crippen molar-refractivity contribution in [1.82, 2.24) is 9.97 Å². The maximum Gasteiger partial charge on any atom is 0.225 e. The first-order chi connectivity index (χ1) is 12.5. The van der Waals surface area contributed by atoms with Gasteiger partial charge in [-0.05, 0) is 56.7 Å². The average Bonchev–Trinajstić information content (AvgIpc) is 3.45. The number of rotatable bonds is 5. The zero-order chi connectivity index (χ0) is 18.3. The van der Waals surface area contributed by atoms with Gasteiger partial charge in [0.15, 0.2) is 0 Å². The summed E-state index contributed by atoms with van der Waals surface area (Å²) in [5, 5.41) is 13.2. The molecule has 5 nitrogen and oxygen atoms in total. The molecule has 2 aliphatic rings. The lowest BCUT2D eigenvalue weighted by Gasteiger charge is -2.31. The SMILES string of the molecule is CC(C)Nc1nc(C2CC2)cc(N2CCc3cc([C@H](C)O)ccc3C2)n1. The van der Waals surface area contributed by atoms with E-state index in [0.717, 1.165) is 36.8 Å². The van der Waals surface area contributed by atoms with Crippen LogP contribution in [0.2, 0.25) is 0 Å². The van der Waals surface area contributed by atoms with E-state index >= 15 is 0 Å². The lowest BCUT2D eigenvalue weighted by atomic mass is 9.96. The van der Waals surface area contributed by atoms with Crippen molar-refractivity contribution in [2.75, 3.05) is 16.8 Å². The van der Waals surface area contributed by atoms with Crippen LogP contribution in [0.1, 0.15) is 68.0 Å². The summed E-state index contributed by atoms with van der Waals surface area (Å²) in [5.41, 5.74) is 4.84. The monoisotopic (exact) mass is 352 g/mol. The summed E-state index contributed by atoms with van der Waals surface area (Å²) in [7, 11) is 0. The summed E-state index contributed by atoms with van der Waals surface area (Å²) in [5.74, 6) is 2.38. The minimum Gasteiger partial charge on any atom is -0.389 e. The molecule has 1 aromatic heterocycles. The molecular weight excluding hydrogens is 324 g/mol. The van der Waals surface area contributed by atoms with Gasteiger partial charge in [-0.1, -0.05) is 18.2 Å². The van der Waals surface area contributed by atoms with Crippen molar-refractivity contribution in [3.8, 4) is 0 Å². The Morgan fingerprint density at radius 1 is 1.12 bits per heavy atom. The molecule has 4 rings (SSSR count). The topological polar surface area (TPSA) is 61.3 Å². The highest BCUT2D eigenvalue weighted by Gasteiger charge is 2.28. The van der Waals surface area contributed by atoms with Gasteiger partial charge in [0.2, 0.25) is 5.95 Å². The predicted molar refractivity (Wildman–Crippen MR) is 105 cm³/mol. The second-order valence-corrected chi connectivity index (χ2v) is 7.92. The van der Waals surface area contributed by atoms with Crippen LogP contribution < -0.4 is 10.2 Å². The van der Waals surface area contributed by atoms with E-state index in [1.165, 1.54) is 29.7 Å². The third kappa shape index (κ3) is 3.68. The molecule has 1 atom stereocenters. The zero-order valence-electron chi connectivity index (χ0n) is 15.9. The molecule has 0 bridgehead atoms. The van der Waals surface area contributed by atoms with Gasteiger partial charge in [-0.15, -0.1) is 0 Å². The first-order valence-corrected chi connectivity index (χ1v) is 9.70. The van der Waals surface area contributed by atoms with E-state index < -0.39 is 6.10 Å². The molecule has 2 aromatic rings. The summed E-state index contributed by atoms with van der Waals surface area (Å²) in [6, 6.07) is 8.84. The van der Waals surface area contributed by atoms with Crippen molar-refractivity contribution < 1.29 is 5.11 Å². The second-order valence-electron chi connectivity index (χ2n) is 7.92. The van der Waals surface area contributed by atoms with E-state index in [1.807, 2.05) is 13.0 Å². The Balaban J connectivity index is 1.60. The third-order valence-electron chi connectivity index (χ3n) is 5.19. The van der Waals surface area contributed by atoms with Crippen molar-refractivity contribution in [3.05, 3.63) is 46.6 Å². The first kappa shape index (κ1) is 17.3. The second kappa shape index (κ2) is 6.88. The van der Waals surface area contributed by atoms with Crippen LogP contribution in [-0.4, -0.2) is 27.7 Å². The predicted octanol–water partition coefficient (Wildman–Crippen LogP) is 3.79. The number of hydrogen-bond donors (Lipinski definition) is 2. The average molecular weight is 352 g/mol. The van der Waals surface area contributed by atoms with E-state index in [0.29, 0.717) is 12.0 Å². The Hall–Kier alpha value is -2.14. The molecule has 1 saturated carbocycles. The molecule has 0 spiro atoms. The molecule has 0 unspecified atom stereocenters. The van der Waals surface area contributed by atoms with Crippen molar-refractivity contribution in [1.29, 1.82) is 0 Å². The largest absolute Gasteiger partial charge is 0.389 e. The number of hydrogen-bond acceptors (Lipinski definition) is 5. The molecule has 0 saturated heterocycles. The number of aliphatic hydroxyl groups is 1. The summed E-state index contributed by atoms with van der Waals surface area (Å²) in [6.07, 6.45) is 3.04. The fraction of sp³-hybridized carbons (Fsp3) is 0.524. The maximum absolute atomic E-state index is 9.81. The minimum atomic E-state index is -0.411. The number of aromatic nitrogens is 2. The van der Waals surface area contributed by atoms with Crippen LogP contribution in [-0.2, 0) is 13.0 Å². The van der Waals surface area contributed by atoms with Gasteiger partial charge in [0.25, 0.3) is 0 Å². The number of fused-ring (bicyclic) bond motifs is 1. The van der Waals surface area contributed by atoms with Crippen LogP contribution in [0.25, 0.3) is 0 Å². The lowest BCUT2D eigenvalue weighted by Crippen LogP contribution is -2.31. The first-order valence-electron chi connectivity index (χ1n) is 9.70. The quantitative estimate of drug-likeness (QED) is 0.857. The molecule has 2 heterocycles. The zero-order valence-corrected chi connectivity index (χ0v) is 15.9. The van der Waals surface area contributed by atoms with Gasteiger partial charge >= 0.3 is 0 Å². The van der Waals surface area contributed by atoms with E-state index in [-0.39, 0.29) is 0 Å². The van der Waals surface area contributed by atoms with Gasteiger partial charge in [-0.2, -0.15) is 4.98 Å². The summed E-state index contributed by atoms with van der Waals surface area (Å²) >= 11 is 0. The standard InChI is InChI=1S/C21H28N4O/c1-13(2)22-21-23-19(15-4-5-15)11-20(24-21)25-9-8-17-10-16(14(3)26)6-7-18(17)12-25/h6-7,10-11,13-15,26H,4-5,8-9,12H2,1-3H3,(H,22,23,24)/t14-/m0/s1. The Bertz CT molecular complexity index is 799. The molecule has 1 aromatic carbocycles. The van der Waals surface area contributed by atoms with E-state index in [1.54, 1.807) is 0 Å². The highest BCUT2D eigenvalue weighted by molar-refractivity contribution is 5.50. The normalized spacial score (nSPS) is 18.0. The molecule has 0 radical (unpaired) electrons. The van der Waals surface area contributed by atoms with Gasteiger partial charge < -0.3 is 15.3 Å². The summed E-state index contributed by atoms with van der Waals surface area (Å²) in [6.45, 7) is 7.85. The van der Waals surface area contributed by atoms with Crippen LogP contribution in [0.5, 0.6) is 0 Å². The van der Waals surface area contributed by atoms with Crippen LogP contribution >= 0.6 is 0 Å². The molecule has 138 valence electrons. The maximum atomic E-state index is 9.81. The summed E-state index contributed by atoms with van der Waals surface area (Å²) < 4.78 is 0. The molecule has 1 aliphatic carbocycles. The van der Waals surface area contributed by atoms with E-state index in [2.05, 4.69) is 42.3 Å². The number of nitrogens with zero attached hydrogens (tertiary/aromatic N) is 3. The van der Waals surface area contributed by atoms with Crippen LogP contribution in [0.15, 0.2) is 24.3 Å². The Kier molecular flexibility index (Phi) is 4.57. The Labute approximate surface area is 155 Å². The van der Waals surface area contributed by atoms with Crippen molar-refractivity contribution >= 4 is 11.8 Å². The van der Waals surface area contributed by atoms with Crippen LogP contribution in [0, 0.1) is 0 Å². The van der Waals surface area contributed by atoms with Gasteiger partial charge in [-0.3, -0.25) is 0 Å². The van der Waals surface area contributed by atoms with Crippen molar-refractivity contribution in [2.45, 2.75) is 64.6 Å². The van der Waals surface area contributed by atoms with Crippen LogP contribution in [0.4, 0.5) is 11.8 Å². The Morgan fingerprint density at radius 3 is 2.62 bits per heavy atom. The highest BCUT2D eigenvalue weighted by atomic mass is 16.3. The molecule has 1 fully saturated rings. The van der Waals surface area contributed by atoms with E-state index in [4.69, 9.17) is 9.97 Å². The fourth-order valence-electron chi connectivity index (χ4n) is 3.55. The van der Waals surface area contributed by atoms with E-state index in [9.17, 15) is 5.11 Å². The molecule has 1 aliphatic heterocycles. The van der Waals surface area contributed by atoms with Crippen molar-refractivity contribution in [3.63, 3.8) is 0 Å². The van der Waals surface area contributed by atoms with Crippen molar-refractivity contribution in [2.24, 2.45) is 0 Å². The minimum absolute atomic E-state index is 0.318. The van der Waals surface area contributed by atoms with Gasteiger partial charge in [0.1, 0.15) is 5.82 Å². The number of nitrogens with one attached hydrogen (secondary N) is 1. The number of anilines is 2. The number of benzene rings is 1. The Morgan fingerprint density at radius 2 is 1.92 bits per heavy atom. The molecular formula is C21H28N4O. The summed E-state index contributed by atoms with van der Waals surface area (Å²) in [4.78, 5) is 11.9. The molecule has 0 amide bonds. The molecule has 5 heteroatoms. The highest BCUT2D eigenvalue weighted by Crippen LogP contribution is 2.40. The number of aliphatic hydroxyl groups excluding tert-OH is 1. The fourth-order valence-corrected chi connectivity index (χ4v) is 3.55. The van der Waals surface area contributed by atoms with Gasteiger partial charge in [-0.25, -0.2) is 4.98 Å². The molecule has 26 heavy (non-hydrogen) atoms. The van der Waals surface area contributed by atoms with Gasteiger partial charge in [0.05, 0.1) is 11.8 Å². The lowest BCUT2D eigenvalue weighted by molar-refractivity contribution is 0.199. The van der Waals surface area contributed by atoms with Crippen LogP contribution in [0.3, 0.4) is 0 Å². The molecule has 2 N–H and O–H groups in total. The third-order valence-corrected chi connectivity index (χ3v) is 5.19.